The molecule has 0 unspecified atom stereocenters. The maximum Gasteiger partial charge on any atom is 0.288 e. The van der Waals surface area contributed by atoms with Crippen LogP contribution in [0, 0.1) is 15.5 Å². The molecule has 20 heavy (non-hydrogen) atoms. The van der Waals surface area contributed by atoms with Crippen LogP contribution in [0.2, 0.25) is 0 Å². The largest absolute Gasteiger partial charge is 0.409 e. The van der Waals surface area contributed by atoms with Crippen LogP contribution in [0.3, 0.4) is 0 Å². The summed E-state index contributed by atoms with van der Waals surface area (Å²) in [5.74, 6) is 0.331. The van der Waals surface area contributed by atoms with E-state index in [4.69, 9.17) is 10.9 Å². The van der Waals surface area contributed by atoms with Crippen LogP contribution >= 0.6 is 0 Å². The molecule has 8 nitrogen and oxygen atoms in total. The van der Waals surface area contributed by atoms with E-state index >= 15 is 0 Å². The molecule has 1 aromatic heterocycles. The van der Waals surface area contributed by atoms with E-state index in [9.17, 15) is 10.1 Å². The van der Waals surface area contributed by atoms with Gasteiger partial charge in [0.1, 0.15) is 12.0 Å². The van der Waals surface area contributed by atoms with Crippen LogP contribution in [-0.2, 0) is 0 Å². The molecule has 1 saturated heterocycles. The molecule has 0 bridgehead atoms. The first-order valence-corrected chi connectivity index (χ1v) is 6.21. The van der Waals surface area contributed by atoms with Crippen molar-refractivity contribution in [3.63, 3.8) is 0 Å². The Hall–Kier alpha value is -2.38. The summed E-state index contributed by atoms with van der Waals surface area (Å²) in [5.41, 5.74) is 5.85. The zero-order valence-corrected chi connectivity index (χ0v) is 11.4. The molecule has 0 aromatic carbocycles. The lowest BCUT2D eigenvalue weighted by atomic mass is 9.93. The highest BCUT2D eigenvalue weighted by Crippen LogP contribution is 2.33. The average Bonchev–Trinajstić information content (AvgIpc) is 2.77. The monoisotopic (exact) mass is 279 g/mol. The molecule has 0 aliphatic carbocycles. The Morgan fingerprint density at radius 2 is 2.35 bits per heavy atom. The summed E-state index contributed by atoms with van der Waals surface area (Å²) in [7, 11) is 0. The van der Waals surface area contributed by atoms with Gasteiger partial charge in [-0.05, 0) is 11.8 Å². The summed E-state index contributed by atoms with van der Waals surface area (Å²) in [6.07, 6.45) is 2.18. The maximum absolute atomic E-state index is 10.8. The van der Waals surface area contributed by atoms with E-state index in [1.807, 2.05) is 4.90 Å². The molecular weight excluding hydrogens is 262 g/mol. The van der Waals surface area contributed by atoms with Gasteiger partial charge in [-0.15, -0.1) is 0 Å². The molecule has 0 amide bonds. The van der Waals surface area contributed by atoms with Gasteiger partial charge < -0.3 is 15.8 Å². The van der Waals surface area contributed by atoms with Crippen molar-refractivity contribution >= 4 is 17.3 Å². The van der Waals surface area contributed by atoms with Crippen LogP contribution in [0.1, 0.15) is 25.8 Å². The molecule has 108 valence electrons. The van der Waals surface area contributed by atoms with E-state index in [2.05, 4.69) is 24.0 Å². The van der Waals surface area contributed by atoms with Crippen LogP contribution in [0.25, 0.3) is 0 Å². The molecule has 1 aliphatic rings. The molecule has 8 heteroatoms. The molecule has 1 aromatic rings. The minimum Gasteiger partial charge on any atom is -0.409 e. The number of hydrogen-bond acceptors (Lipinski definition) is 6. The van der Waals surface area contributed by atoms with Gasteiger partial charge in [-0.3, -0.25) is 10.1 Å². The zero-order valence-electron chi connectivity index (χ0n) is 11.4. The van der Waals surface area contributed by atoms with Gasteiger partial charge in [0.15, 0.2) is 5.84 Å². The van der Waals surface area contributed by atoms with Crippen molar-refractivity contribution in [2.75, 3.05) is 18.0 Å². The Morgan fingerprint density at radius 1 is 1.65 bits per heavy atom. The number of nitro groups is 1. The number of nitrogens with zero attached hydrogens (tertiary/aromatic N) is 4. The van der Waals surface area contributed by atoms with Gasteiger partial charge in [-0.25, -0.2) is 4.98 Å². The molecule has 0 atom stereocenters. The van der Waals surface area contributed by atoms with Crippen molar-refractivity contribution in [3.8, 4) is 0 Å². The second-order valence-corrected chi connectivity index (χ2v) is 5.64. The van der Waals surface area contributed by atoms with E-state index in [1.54, 1.807) is 0 Å². The predicted octanol–water partition coefficient (Wildman–Crippen LogP) is 1.32. The molecule has 0 saturated carbocycles. The molecule has 2 heterocycles. The highest BCUT2D eigenvalue weighted by molar-refractivity contribution is 6.02. The summed E-state index contributed by atoms with van der Waals surface area (Å²) in [5, 5.41) is 22.6. The molecular formula is C12H17N5O3. The lowest BCUT2D eigenvalue weighted by Crippen LogP contribution is -2.27. The van der Waals surface area contributed by atoms with E-state index in [-0.39, 0.29) is 22.5 Å². The first-order valence-electron chi connectivity index (χ1n) is 6.21. The van der Waals surface area contributed by atoms with Crippen molar-refractivity contribution in [2.24, 2.45) is 16.3 Å². The fourth-order valence-corrected chi connectivity index (χ4v) is 2.33. The summed E-state index contributed by atoms with van der Waals surface area (Å²) in [6, 6.07) is 1.28. The van der Waals surface area contributed by atoms with Gasteiger partial charge >= 0.3 is 0 Å². The Morgan fingerprint density at radius 3 is 2.85 bits per heavy atom. The second-order valence-electron chi connectivity index (χ2n) is 5.64. The Bertz CT molecular complexity index is 570. The normalized spacial score (nSPS) is 18.3. The van der Waals surface area contributed by atoms with Crippen LogP contribution in [0.15, 0.2) is 17.4 Å². The third-order valence-corrected chi connectivity index (χ3v) is 3.42. The number of aromatic nitrogens is 1. The number of amidine groups is 1. The molecule has 0 radical (unpaired) electrons. The van der Waals surface area contributed by atoms with Gasteiger partial charge in [0.05, 0.1) is 10.5 Å². The van der Waals surface area contributed by atoms with Crippen LogP contribution < -0.4 is 10.6 Å². The lowest BCUT2D eigenvalue weighted by Gasteiger charge is -2.22. The van der Waals surface area contributed by atoms with E-state index in [0.29, 0.717) is 5.82 Å². The number of anilines is 1. The van der Waals surface area contributed by atoms with Crippen LogP contribution in [0.5, 0.6) is 0 Å². The first kappa shape index (κ1) is 14.0. The smallest absolute Gasteiger partial charge is 0.288 e. The SMILES string of the molecule is CC1(C)CCN(c2ncc([N+](=O)[O-])cc2C(N)=NO)C1. The van der Waals surface area contributed by atoms with Gasteiger partial charge in [-0.1, -0.05) is 19.0 Å². The van der Waals surface area contributed by atoms with Crippen molar-refractivity contribution < 1.29 is 10.1 Å². The summed E-state index contributed by atoms with van der Waals surface area (Å²) in [6.45, 7) is 5.83. The fraction of sp³-hybridized carbons (Fsp3) is 0.500. The highest BCUT2D eigenvalue weighted by Gasteiger charge is 2.32. The summed E-state index contributed by atoms with van der Waals surface area (Å²) in [4.78, 5) is 16.4. The van der Waals surface area contributed by atoms with Crippen LogP contribution in [-0.4, -0.2) is 34.0 Å². The summed E-state index contributed by atoms with van der Waals surface area (Å²) >= 11 is 0. The maximum atomic E-state index is 10.8. The minimum absolute atomic E-state index is 0.145. The third kappa shape index (κ3) is 2.63. The molecule has 2 rings (SSSR count). The number of nitrogens with two attached hydrogens (primary N) is 1. The quantitative estimate of drug-likeness (QED) is 0.283. The van der Waals surface area contributed by atoms with Gasteiger partial charge in [0.2, 0.25) is 0 Å². The topological polar surface area (TPSA) is 118 Å². The first-order chi connectivity index (χ1) is 9.34. The number of oxime groups is 1. The minimum atomic E-state index is -0.557. The van der Waals surface area contributed by atoms with Crippen molar-refractivity contribution in [2.45, 2.75) is 20.3 Å². The Balaban J connectivity index is 2.45. The van der Waals surface area contributed by atoms with Crippen molar-refractivity contribution in [1.82, 2.24) is 4.98 Å². The predicted molar refractivity (Wildman–Crippen MR) is 74.0 cm³/mol. The van der Waals surface area contributed by atoms with Crippen molar-refractivity contribution in [3.05, 3.63) is 27.9 Å². The van der Waals surface area contributed by atoms with Gasteiger partial charge in [-0.2, -0.15) is 0 Å². The van der Waals surface area contributed by atoms with Crippen molar-refractivity contribution in [1.29, 1.82) is 0 Å². The Kier molecular flexibility index (Phi) is 3.47. The number of rotatable bonds is 3. The molecule has 1 fully saturated rings. The second kappa shape index (κ2) is 4.95. The standard InChI is InChI=1S/C12H17N5O3/c1-12(2)3-4-16(7-12)11-9(10(13)15-18)5-8(6-14-11)17(19)20/h5-6,18H,3-4,7H2,1-2H3,(H2,13,15). The number of pyridine rings is 1. The van der Waals surface area contributed by atoms with Gasteiger partial charge in [0, 0.05) is 19.2 Å². The molecule has 0 spiro atoms. The average molecular weight is 279 g/mol. The zero-order chi connectivity index (χ0) is 14.9. The van der Waals surface area contributed by atoms with Gasteiger partial charge in [0.25, 0.3) is 5.69 Å². The van der Waals surface area contributed by atoms with E-state index < -0.39 is 4.92 Å². The summed E-state index contributed by atoms with van der Waals surface area (Å²) < 4.78 is 0. The third-order valence-electron chi connectivity index (χ3n) is 3.42. The molecule has 3 N–H and O–H groups in total. The fourth-order valence-electron chi connectivity index (χ4n) is 2.33. The van der Waals surface area contributed by atoms with Crippen LogP contribution in [0.4, 0.5) is 11.5 Å². The highest BCUT2D eigenvalue weighted by atomic mass is 16.6. The lowest BCUT2D eigenvalue weighted by molar-refractivity contribution is -0.385. The molecule has 1 aliphatic heterocycles. The number of hydrogen-bond donors (Lipinski definition) is 2. The van der Waals surface area contributed by atoms with E-state index in [0.717, 1.165) is 19.5 Å². The van der Waals surface area contributed by atoms with E-state index in [1.165, 1.54) is 12.3 Å². The Labute approximate surface area is 116 Å².